The Morgan fingerprint density at radius 2 is 2.16 bits per heavy atom. The van der Waals surface area contributed by atoms with Crippen molar-refractivity contribution in [3.8, 4) is 17.2 Å². The molecule has 8 nitrogen and oxygen atoms in total. The van der Waals surface area contributed by atoms with Crippen molar-refractivity contribution in [3.05, 3.63) is 60.3 Å². The van der Waals surface area contributed by atoms with E-state index >= 15 is 0 Å². The molecular weight excluding hydrogens is 432 g/mol. The number of aromatic nitrogens is 2. The summed E-state index contributed by atoms with van der Waals surface area (Å²) in [6, 6.07) is 13.7. The lowest BCUT2D eigenvalue weighted by Crippen LogP contribution is -2.39. The van der Waals surface area contributed by atoms with Crippen LogP contribution in [-0.4, -0.2) is 57.9 Å². The Kier molecular flexibility index (Phi) is 5.50. The second kappa shape index (κ2) is 8.46. The highest BCUT2D eigenvalue weighted by Crippen LogP contribution is 2.28. The Morgan fingerprint density at radius 3 is 2.97 bits per heavy atom. The third-order valence-corrected chi connectivity index (χ3v) is 6.15. The zero-order chi connectivity index (χ0) is 20.8. The number of morpholine rings is 1. The Bertz CT molecular complexity index is 1330. The van der Waals surface area contributed by atoms with Crippen LogP contribution < -0.4 is 10.1 Å². The first-order chi connectivity index (χ1) is 15.3. The molecule has 32 heavy (non-hydrogen) atoms. The van der Waals surface area contributed by atoms with E-state index in [9.17, 15) is 5.21 Å². The molecule has 6 rings (SSSR count). The van der Waals surface area contributed by atoms with Gasteiger partial charge >= 0.3 is 0 Å². The lowest BCUT2D eigenvalue weighted by Gasteiger charge is -2.26. The van der Waals surface area contributed by atoms with E-state index in [4.69, 9.17) is 13.9 Å². The van der Waals surface area contributed by atoms with Crippen LogP contribution in [0.25, 0.3) is 27.9 Å². The maximum Gasteiger partial charge on any atom is 0.155 e. The van der Waals surface area contributed by atoms with Crippen molar-refractivity contribution in [2.24, 2.45) is 5.16 Å². The Labute approximate surface area is 190 Å². The van der Waals surface area contributed by atoms with Crippen molar-refractivity contribution in [2.45, 2.75) is 18.6 Å². The van der Waals surface area contributed by atoms with E-state index in [2.05, 4.69) is 15.0 Å². The molecule has 2 aliphatic heterocycles. The highest BCUT2D eigenvalue weighted by atomic mass is 35.5. The smallest absolute Gasteiger partial charge is 0.155 e. The Morgan fingerprint density at radius 1 is 1.22 bits per heavy atom. The summed E-state index contributed by atoms with van der Waals surface area (Å²) in [6.45, 7) is 3.29. The summed E-state index contributed by atoms with van der Waals surface area (Å²) in [4.78, 5) is 6.88. The monoisotopic (exact) mass is 454 g/mol. The molecule has 0 saturated carbocycles. The van der Waals surface area contributed by atoms with Gasteiger partial charge in [0.25, 0.3) is 0 Å². The number of fused-ring (bicyclic) bond motifs is 4. The molecule has 0 aliphatic carbocycles. The third kappa shape index (κ3) is 3.70. The first-order valence-electron chi connectivity index (χ1n) is 10.4. The van der Waals surface area contributed by atoms with Crippen LogP contribution in [-0.2, 0) is 4.74 Å². The van der Waals surface area contributed by atoms with Crippen molar-refractivity contribution in [2.75, 3.05) is 26.3 Å². The maximum absolute atomic E-state index is 9.62. The molecule has 3 aromatic heterocycles. The minimum absolute atomic E-state index is 0. The molecule has 5 heterocycles. The van der Waals surface area contributed by atoms with E-state index < -0.39 is 0 Å². The number of nitrogens with zero attached hydrogens (tertiary/aromatic N) is 4. The fourth-order valence-electron chi connectivity index (χ4n) is 4.55. The zero-order valence-electron chi connectivity index (χ0n) is 17.3. The van der Waals surface area contributed by atoms with Crippen LogP contribution in [0.2, 0.25) is 0 Å². The van der Waals surface area contributed by atoms with Crippen molar-refractivity contribution < 1.29 is 19.1 Å². The van der Waals surface area contributed by atoms with Crippen LogP contribution >= 0.6 is 12.4 Å². The fraction of sp³-hybridized carbons (Fsp3) is 0.304. The number of halogens is 1. The summed E-state index contributed by atoms with van der Waals surface area (Å²) in [5, 5.41) is 14.2. The Balaban J connectivity index is 0.00000216. The van der Waals surface area contributed by atoms with Crippen molar-refractivity contribution in [1.82, 2.24) is 14.3 Å². The van der Waals surface area contributed by atoms with Gasteiger partial charge in [0.2, 0.25) is 0 Å². The Hall–Kier alpha value is -3.07. The van der Waals surface area contributed by atoms with E-state index in [0.29, 0.717) is 52.3 Å². The molecule has 9 heteroatoms. The predicted octanol–water partition coefficient (Wildman–Crippen LogP) is 3.31. The number of hydrogen-bond donors (Lipinski definition) is 1. The molecule has 4 aromatic rings. The highest BCUT2D eigenvalue weighted by Gasteiger charge is 2.38. The number of ether oxygens (including phenoxy) is 2. The molecule has 166 valence electrons. The summed E-state index contributed by atoms with van der Waals surface area (Å²) < 4.78 is 19.6. The van der Waals surface area contributed by atoms with Gasteiger partial charge in [0.05, 0.1) is 24.4 Å². The molecule has 0 radical (unpaired) electrons. The van der Waals surface area contributed by atoms with E-state index in [-0.39, 0.29) is 12.4 Å². The number of benzene rings is 1. The average Bonchev–Trinajstić information content (AvgIpc) is 3.55. The molecule has 0 amide bonds. The first kappa shape index (κ1) is 20.8. The molecule has 2 bridgehead atoms. The van der Waals surface area contributed by atoms with Gasteiger partial charge in [0.15, 0.2) is 5.76 Å². The van der Waals surface area contributed by atoms with Gasteiger partial charge in [0, 0.05) is 36.9 Å². The SMILES string of the molecule is Cl.ON=c1cc(-c2cc3cccn3cn2)oc2ccc(OCCN3C[C@@H]4C[C@H]3CO4)cc12. The number of rotatable bonds is 5. The van der Waals surface area contributed by atoms with Gasteiger partial charge in [0.1, 0.15) is 29.0 Å². The van der Waals surface area contributed by atoms with Gasteiger partial charge in [-0.2, -0.15) is 0 Å². The normalized spacial score (nSPS) is 20.8. The topological polar surface area (TPSA) is 84.7 Å². The summed E-state index contributed by atoms with van der Waals surface area (Å²) in [6.07, 6.45) is 5.19. The summed E-state index contributed by atoms with van der Waals surface area (Å²) in [5.74, 6) is 1.25. The maximum atomic E-state index is 9.62. The van der Waals surface area contributed by atoms with Crippen molar-refractivity contribution >= 4 is 28.9 Å². The van der Waals surface area contributed by atoms with Crippen molar-refractivity contribution in [1.29, 1.82) is 0 Å². The lowest BCUT2D eigenvalue weighted by atomic mass is 10.2. The van der Waals surface area contributed by atoms with Gasteiger partial charge in [-0.3, -0.25) is 4.90 Å². The summed E-state index contributed by atoms with van der Waals surface area (Å²) >= 11 is 0. The van der Waals surface area contributed by atoms with Crippen LogP contribution in [0.3, 0.4) is 0 Å². The van der Waals surface area contributed by atoms with Gasteiger partial charge in [-0.05, 0) is 42.8 Å². The molecule has 1 aromatic carbocycles. The highest BCUT2D eigenvalue weighted by molar-refractivity contribution is 5.85. The number of likely N-dealkylation sites (tertiary alicyclic amines) is 1. The molecule has 2 saturated heterocycles. The second-order valence-corrected chi connectivity index (χ2v) is 8.06. The van der Waals surface area contributed by atoms with Gasteiger partial charge in [-0.1, -0.05) is 5.16 Å². The van der Waals surface area contributed by atoms with Crippen molar-refractivity contribution in [3.63, 3.8) is 0 Å². The van der Waals surface area contributed by atoms with Gasteiger partial charge in [-0.25, -0.2) is 4.98 Å². The molecule has 2 fully saturated rings. The molecule has 0 spiro atoms. The molecule has 0 unspecified atom stereocenters. The molecule has 2 atom stereocenters. The van der Waals surface area contributed by atoms with Crippen LogP contribution in [0.4, 0.5) is 0 Å². The average molecular weight is 455 g/mol. The standard InChI is InChI=1S/C23H22N4O4.ClH/c28-25-20-11-23(21-9-15-2-1-5-27(15)14-24-21)31-22-4-3-17(10-19(20)22)29-7-6-26-12-18-8-16(26)13-30-18;/h1-5,9-11,14,16,18,28H,6-8,12-13H2;1H/t16-,18-;/m0./s1. The third-order valence-electron chi connectivity index (χ3n) is 6.15. The van der Waals surface area contributed by atoms with E-state index in [1.165, 1.54) is 0 Å². The predicted molar refractivity (Wildman–Crippen MR) is 120 cm³/mol. The van der Waals surface area contributed by atoms with Crippen LogP contribution in [0.15, 0.2) is 64.6 Å². The van der Waals surface area contributed by atoms with E-state index in [1.54, 1.807) is 12.4 Å². The largest absolute Gasteiger partial charge is 0.492 e. The van der Waals surface area contributed by atoms with E-state index in [1.807, 2.05) is 47.0 Å². The van der Waals surface area contributed by atoms with E-state index in [0.717, 1.165) is 31.6 Å². The minimum atomic E-state index is 0. The van der Waals surface area contributed by atoms with Gasteiger partial charge in [-0.15, -0.1) is 12.4 Å². The molecule has 1 N–H and O–H groups in total. The quantitative estimate of drug-likeness (QED) is 0.368. The summed E-state index contributed by atoms with van der Waals surface area (Å²) in [5.41, 5.74) is 2.27. The van der Waals surface area contributed by atoms with Gasteiger partial charge < -0.3 is 23.5 Å². The second-order valence-electron chi connectivity index (χ2n) is 8.06. The van der Waals surface area contributed by atoms with Crippen LogP contribution in [0.5, 0.6) is 5.75 Å². The summed E-state index contributed by atoms with van der Waals surface area (Å²) in [7, 11) is 0. The zero-order valence-corrected chi connectivity index (χ0v) is 18.1. The molecule has 2 aliphatic rings. The van der Waals surface area contributed by atoms with Crippen LogP contribution in [0.1, 0.15) is 6.42 Å². The van der Waals surface area contributed by atoms with Crippen LogP contribution in [0, 0.1) is 0 Å². The number of hydrogen-bond acceptors (Lipinski definition) is 7. The molecular formula is C23H23ClN4O4. The minimum Gasteiger partial charge on any atom is -0.492 e. The first-order valence-corrected chi connectivity index (χ1v) is 10.4. The fourth-order valence-corrected chi connectivity index (χ4v) is 4.55. The lowest BCUT2D eigenvalue weighted by molar-refractivity contribution is 0.0258.